The number of halogens is 1. The quantitative estimate of drug-likeness (QED) is 0.636. The second-order valence-corrected chi connectivity index (χ2v) is 12.8. The van der Waals surface area contributed by atoms with Gasteiger partial charge < -0.3 is 9.80 Å². The van der Waals surface area contributed by atoms with Gasteiger partial charge in [-0.15, -0.1) is 23.1 Å². The van der Waals surface area contributed by atoms with Crippen LogP contribution in [-0.4, -0.2) is 62.3 Å². The summed E-state index contributed by atoms with van der Waals surface area (Å²) in [5.41, 5.74) is 1.18. The topological polar surface area (TPSA) is 43.9 Å². The van der Waals surface area contributed by atoms with Crippen LogP contribution in [0.15, 0.2) is 44.8 Å². The van der Waals surface area contributed by atoms with E-state index >= 15 is 0 Å². The number of hydrogen-bond acceptors (Lipinski definition) is 6. The van der Waals surface area contributed by atoms with Crippen molar-refractivity contribution in [2.45, 2.75) is 40.8 Å². The Morgan fingerprint density at radius 3 is 2.52 bits per heavy atom. The number of rotatable bonds is 5. The number of fused-ring (bicyclic) bond motifs is 1. The Labute approximate surface area is 192 Å². The Hall–Kier alpha value is -1.13. The van der Waals surface area contributed by atoms with Crippen molar-refractivity contribution < 1.29 is 12.8 Å². The van der Waals surface area contributed by atoms with E-state index in [0.717, 1.165) is 56.1 Å². The van der Waals surface area contributed by atoms with Crippen LogP contribution in [0, 0.1) is 11.7 Å². The smallest absolute Gasteiger partial charge is 0.252 e. The Balaban J connectivity index is 1.10. The molecular weight excluding hydrogens is 453 g/mol. The van der Waals surface area contributed by atoms with E-state index in [0.29, 0.717) is 29.3 Å². The molecule has 0 spiro atoms. The summed E-state index contributed by atoms with van der Waals surface area (Å²) in [4.78, 5) is 6.07. The molecule has 5 rings (SSSR count). The highest BCUT2D eigenvalue weighted by molar-refractivity contribution is 7.99. The van der Waals surface area contributed by atoms with Crippen molar-refractivity contribution in [1.82, 2.24) is 9.21 Å². The van der Waals surface area contributed by atoms with Crippen molar-refractivity contribution in [2.24, 2.45) is 5.92 Å². The third-order valence-electron chi connectivity index (χ3n) is 6.77. The van der Waals surface area contributed by atoms with Crippen molar-refractivity contribution in [3.8, 4) is 0 Å². The van der Waals surface area contributed by atoms with Gasteiger partial charge in [0, 0.05) is 43.7 Å². The van der Waals surface area contributed by atoms with E-state index in [1.807, 2.05) is 11.4 Å². The monoisotopic (exact) mass is 481 g/mol. The number of hydrogen-bond donors (Lipinski definition) is 0. The molecule has 168 valence electrons. The van der Waals surface area contributed by atoms with Crippen molar-refractivity contribution in [3.05, 3.63) is 41.5 Å². The average Bonchev–Trinajstić information content (AvgIpc) is 3.45. The number of nitrogens with zero attached hydrogens (tertiary/aromatic N) is 3. The molecule has 0 atom stereocenters. The number of anilines is 1. The maximum atomic E-state index is 13.5. The molecular formula is C22H28FN3O2S3. The van der Waals surface area contributed by atoms with Crippen molar-refractivity contribution >= 4 is 38.8 Å². The van der Waals surface area contributed by atoms with E-state index in [9.17, 15) is 12.8 Å². The van der Waals surface area contributed by atoms with Crippen LogP contribution in [-0.2, 0) is 10.0 Å². The first-order chi connectivity index (χ1) is 15.0. The molecule has 0 N–H and O–H groups in total. The van der Waals surface area contributed by atoms with Crippen LogP contribution in [0.25, 0.3) is 0 Å². The summed E-state index contributed by atoms with van der Waals surface area (Å²) < 4.78 is 41.0. The minimum Gasteiger partial charge on any atom is -0.358 e. The number of piperidine rings is 2. The molecule has 3 aliphatic heterocycles. The fourth-order valence-electron chi connectivity index (χ4n) is 5.00. The van der Waals surface area contributed by atoms with Crippen molar-refractivity contribution in [3.63, 3.8) is 0 Å². The Bertz CT molecular complexity index is 999. The third-order valence-corrected chi connectivity index (χ3v) is 11.1. The Morgan fingerprint density at radius 1 is 1.03 bits per heavy atom. The van der Waals surface area contributed by atoms with Crippen LogP contribution in [0.3, 0.4) is 0 Å². The van der Waals surface area contributed by atoms with Gasteiger partial charge in [0.2, 0.25) is 0 Å². The molecule has 0 aliphatic carbocycles. The van der Waals surface area contributed by atoms with Gasteiger partial charge in [0.15, 0.2) is 0 Å². The largest absolute Gasteiger partial charge is 0.358 e. The second kappa shape index (κ2) is 9.02. The second-order valence-electron chi connectivity index (χ2n) is 8.67. The van der Waals surface area contributed by atoms with Gasteiger partial charge in [-0.3, -0.25) is 0 Å². The normalized spacial score (nSPS) is 22.2. The number of benzene rings is 1. The molecule has 0 saturated carbocycles. The summed E-state index contributed by atoms with van der Waals surface area (Å²) in [5.74, 6) is 1.33. The fourth-order valence-corrected chi connectivity index (χ4v) is 8.77. The van der Waals surface area contributed by atoms with Gasteiger partial charge in [-0.2, -0.15) is 4.31 Å². The predicted molar refractivity (Wildman–Crippen MR) is 125 cm³/mol. The van der Waals surface area contributed by atoms with E-state index in [4.69, 9.17) is 0 Å². The van der Waals surface area contributed by atoms with Gasteiger partial charge in [0.1, 0.15) is 10.0 Å². The lowest BCUT2D eigenvalue weighted by atomic mass is 9.95. The number of likely N-dealkylation sites (tertiary alicyclic amines) is 1. The zero-order valence-electron chi connectivity index (χ0n) is 17.5. The lowest BCUT2D eigenvalue weighted by molar-refractivity contribution is 0.153. The highest BCUT2D eigenvalue weighted by atomic mass is 32.2. The summed E-state index contributed by atoms with van der Waals surface area (Å²) in [6.07, 6.45) is 4.13. The first kappa shape index (κ1) is 21.7. The van der Waals surface area contributed by atoms with Crippen molar-refractivity contribution in [2.75, 3.05) is 43.5 Å². The van der Waals surface area contributed by atoms with E-state index in [-0.39, 0.29) is 5.82 Å². The zero-order valence-corrected chi connectivity index (χ0v) is 19.9. The van der Waals surface area contributed by atoms with Gasteiger partial charge in [0.25, 0.3) is 10.0 Å². The summed E-state index contributed by atoms with van der Waals surface area (Å²) >= 11 is 3.03. The van der Waals surface area contributed by atoms with Crippen LogP contribution in [0.2, 0.25) is 0 Å². The molecule has 0 bridgehead atoms. The molecule has 1 aromatic carbocycles. The summed E-state index contributed by atoms with van der Waals surface area (Å²) in [6.45, 7) is 4.47. The molecule has 5 nitrogen and oxygen atoms in total. The lowest BCUT2D eigenvalue weighted by Gasteiger charge is -2.40. The van der Waals surface area contributed by atoms with Crippen molar-refractivity contribution in [1.29, 1.82) is 0 Å². The Kier molecular flexibility index (Phi) is 6.31. The van der Waals surface area contributed by atoms with E-state index < -0.39 is 10.0 Å². The van der Waals surface area contributed by atoms with Crippen LogP contribution in [0.5, 0.6) is 0 Å². The molecule has 3 aliphatic rings. The molecule has 4 heterocycles. The van der Waals surface area contributed by atoms with Gasteiger partial charge in [-0.1, -0.05) is 6.07 Å². The van der Waals surface area contributed by atoms with E-state index in [1.54, 1.807) is 40.3 Å². The first-order valence-corrected chi connectivity index (χ1v) is 14.3. The molecule has 0 unspecified atom stereocenters. The van der Waals surface area contributed by atoms with Gasteiger partial charge >= 0.3 is 0 Å². The summed E-state index contributed by atoms with van der Waals surface area (Å²) in [6, 6.07) is 9.16. The number of thioether (sulfide) groups is 1. The SMILES string of the molecule is O=S(=O)(c1cccs1)N1CCC(CN2CCC(N3CSc4cc(F)ccc43)CC2)CC1. The molecule has 0 amide bonds. The molecule has 2 fully saturated rings. The minimum atomic E-state index is -3.31. The number of thiophene rings is 1. The van der Waals surface area contributed by atoms with Crippen LogP contribution < -0.4 is 4.90 Å². The molecule has 31 heavy (non-hydrogen) atoms. The highest BCUT2D eigenvalue weighted by Gasteiger charge is 2.33. The summed E-state index contributed by atoms with van der Waals surface area (Å²) in [7, 11) is -3.31. The van der Waals surface area contributed by atoms with Gasteiger partial charge in [-0.25, -0.2) is 12.8 Å². The minimum absolute atomic E-state index is 0.155. The third kappa shape index (κ3) is 4.53. The predicted octanol–water partition coefficient (Wildman–Crippen LogP) is 4.32. The number of sulfonamides is 1. The standard InChI is InChI=1S/C22H28FN3O2S3/c23-18-3-4-20-21(14-18)30-16-26(20)19-7-9-24(10-8-19)15-17-5-11-25(12-6-17)31(27,28)22-2-1-13-29-22/h1-4,13-14,17,19H,5-12,15-16H2. The van der Waals surface area contributed by atoms with Gasteiger partial charge in [-0.05, 0) is 61.2 Å². The molecule has 1 aromatic heterocycles. The maximum absolute atomic E-state index is 13.5. The molecule has 0 radical (unpaired) electrons. The van der Waals surface area contributed by atoms with Gasteiger partial charge in [0.05, 0.1) is 11.6 Å². The average molecular weight is 482 g/mol. The lowest BCUT2D eigenvalue weighted by Crippen LogP contribution is -2.47. The Morgan fingerprint density at radius 2 is 1.81 bits per heavy atom. The maximum Gasteiger partial charge on any atom is 0.252 e. The van der Waals surface area contributed by atoms with Crippen LogP contribution >= 0.6 is 23.1 Å². The van der Waals surface area contributed by atoms with Crippen LogP contribution in [0.1, 0.15) is 25.7 Å². The molecule has 2 saturated heterocycles. The van der Waals surface area contributed by atoms with E-state index in [1.165, 1.54) is 17.0 Å². The summed E-state index contributed by atoms with van der Waals surface area (Å²) in [5, 5.41) is 1.82. The zero-order chi connectivity index (χ0) is 21.4. The first-order valence-electron chi connectivity index (χ1n) is 11.0. The van der Waals surface area contributed by atoms with E-state index in [2.05, 4.69) is 9.80 Å². The highest BCUT2D eigenvalue weighted by Crippen LogP contribution is 2.41. The fraction of sp³-hybridized carbons (Fsp3) is 0.545. The molecule has 9 heteroatoms. The van der Waals surface area contributed by atoms with Crippen LogP contribution in [0.4, 0.5) is 10.1 Å². The molecule has 2 aromatic rings.